The van der Waals surface area contributed by atoms with Gasteiger partial charge in [0.25, 0.3) is 0 Å². The van der Waals surface area contributed by atoms with Crippen LogP contribution in [0.25, 0.3) is 0 Å². The van der Waals surface area contributed by atoms with Gasteiger partial charge in [0.05, 0.1) is 0 Å². The van der Waals surface area contributed by atoms with Crippen molar-refractivity contribution in [2.24, 2.45) is 5.73 Å². The molecule has 2 unspecified atom stereocenters. The van der Waals surface area contributed by atoms with Crippen LogP contribution in [0.2, 0.25) is 5.02 Å². The van der Waals surface area contributed by atoms with E-state index in [4.69, 9.17) is 17.3 Å². The van der Waals surface area contributed by atoms with Gasteiger partial charge in [0, 0.05) is 22.9 Å². The molecule has 0 bridgehead atoms. The Kier molecular flexibility index (Phi) is 5.37. The van der Waals surface area contributed by atoms with Crippen molar-refractivity contribution >= 4 is 23.4 Å². The fourth-order valence-electron chi connectivity index (χ4n) is 2.30. The highest BCUT2D eigenvalue weighted by Crippen LogP contribution is 2.23. The van der Waals surface area contributed by atoms with Crippen LogP contribution >= 0.6 is 23.4 Å². The first-order valence-electron chi connectivity index (χ1n) is 6.46. The van der Waals surface area contributed by atoms with Gasteiger partial charge in [0.15, 0.2) is 0 Å². The number of thioether (sulfide) groups is 1. The number of hydrogen-bond acceptors (Lipinski definition) is 3. The van der Waals surface area contributed by atoms with Crippen LogP contribution in [0.15, 0.2) is 24.3 Å². The first-order chi connectivity index (χ1) is 8.66. The lowest BCUT2D eigenvalue weighted by atomic mass is 10.0. The van der Waals surface area contributed by atoms with E-state index >= 15 is 0 Å². The van der Waals surface area contributed by atoms with Gasteiger partial charge in [-0.2, -0.15) is 11.8 Å². The van der Waals surface area contributed by atoms with E-state index in [0.29, 0.717) is 0 Å². The predicted octanol–water partition coefficient (Wildman–Crippen LogP) is 3.17. The zero-order chi connectivity index (χ0) is 13.0. The molecule has 2 rings (SSSR count). The quantitative estimate of drug-likeness (QED) is 0.901. The first kappa shape index (κ1) is 14.2. The van der Waals surface area contributed by atoms with E-state index in [9.17, 15) is 0 Å². The van der Waals surface area contributed by atoms with Crippen molar-refractivity contribution in [1.29, 1.82) is 0 Å². The number of halogens is 1. The summed E-state index contributed by atoms with van der Waals surface area (Å²) in [4.78, 5) is 2.45. The Morgan fingerprint density at radius 2 is 2.39 bits per heavy atom. The van der Waals surface area contributed by atoms with Gasteiger partial charge in [0.1, 0.15) is 0 Å². The van der Waals surface area contributed by atoms with Crippen LogP contribution < -0.4 is 5.73 Å². The third kappa shape index (κ3) is 3.89. The number of nitrogens with two attached hydrogens (primary N) is 1. The van der Waals surface area contributed by atoms with Gasteiger partial charge in [-0.05, 0) is 49.9 Å². The molecular formula is C14H21ClN2S. The molecule has 0 radical (unpaired) electrons. The highest BCUT2D eigenvalue weighted by molar-refractivity contribution is 7.99. The van der Waals surface area contributed by atoms with Crippen LogP contribution in [0.3, 0.4) is 0 Å². The molecule has 0 saturated carbocycles. The Morgan fingerprint density at radius 1 is 1.56 bits per heavy atom. The van der Waals surface area contributed by atoms with Gasteiger partial charge in [0.2, 0.25) is 0 Å². The van der Waals surface area contributed by atoms with Crippen molar-refractivity contribution in [3.63, 3.8) is 0 Å². The lowest BCUT2D eigenvalue weighted by molar-refractivity contribution is 0.253. The second-order valence-corrected chi connectivity index (χ2v) is 6.53. The SMILES string of the molecule is CN(CCC(N)c1cccc(Cl)c1)C1CCSC1. The molecule has 2 N–H and O–H groups in total. The zero-order valence-electron chi connectivity index (χ0n) is 10.8. The Hall–Kier alpha value is -0.220. The van der Waals surface area contributed by atoms with Crippen molar-refractivity contribution in [2.75, 3.05) is 25.1 Å². The molecule has 2 nitrogen and oxygen atoms in total. The van der Waals surface area contributed by atoms with Gasteiger partial charge in [-0.15, -0.1) is 0 Å². The maximum atomic E-state index is 6.22. The summed E-state index contributed by atoms with van der Waals surface area (Å²) in [6, 6.07) is 8.70. The summed E-state index contributed by atoms with van der Waals surface area (Å²) in [7, 11) is 2.21. The maximum Gasteiger partial charge on any atom is 0.0409 e. The Bertz CT molecular complexity index is 380. The summed E-state index contributed by atoms with van der Waals surface area (Å²) in [6.45, 7) is 1.05. The van der Waals surface area contributed by atoms with E-state index in [1.54, 1.807) is 0 Å². The topological polar surface area (TPSA) is 29.3 Å². The monoisotopic (exact) mass is 284 g/mol. The van der Waals surface area contributed by atoms with E-state index in [1.807, 2.05) is 18.2 Å². The molecular weight excluding hydrogens is 264 g/mol. The number of nitrogens with zero attached hydrogens (tertiary/aromatic N) is 1. The van der Waals surface area contributed by atoms with Crippen LogP contribution in [0.4, 0.5) is 0 Å². The molecule has 2 atom stereocenters. The van der Waals surface area contributed by atoms with Gasteiger partial charge >= 0.3 is 0 Å². The van der Waals surface area contributed by atoms with E-state index in [2.05, 4.69) is 29.8 Å². The lowest BCUT2D eigenvalue weighted by Crippen LogP contribution is -2.33. The lowest BCUT2D eigenvalue weighted by Gasteiger charge is -2.25. The second kappa shape index (κ2) is 6.80. The summed E-state index contributed by atoms with van der Waals surface area (Å²) >= 11 is 8.04. The Labute approximate surface area is 119 Å². The van der Waals surface area contributed by atoms with Crippen LogP contribution in [0.1, 0.15) is 24.4 Å². The van der Waals surface area contributed by atoms with Crippen molar-refractivity contribution < 1.29 is 0 Å². The minimum Gasteiger partial charge on any atom is -0.324 e. The third-order valence-electron chi connectivity index (χ3n) is 3.60. The molecule has 1 heterocycles. The molecule has 0 amide bonds. The summed E-state index contributed by atoms with van der Waals surface area (Å²) in [6.07, 6.45) is 2.30. The molecule has 1 aromatic rings. The molecule has 100 valence electrons. The van der Waals surface area contributed by atoms with Crippen LogP contribution in [0, 0.1) is 0 Å². The molecule has 4 heteroatoms. The second-order valence-electron chi connectivity index (χ2n) is 4.95. The molecule has 1 aliphatic rings. The van der Waals surface area contributed by atoms with Gasteiger partial charge < -0.3 is 10.6 Å². The van der Waals surface area contributed by atoms with E-state index in [-0.39, 0.29) is 6.04 Å². The maximum absolute atomic E-state index is 6.22. The van der Waals surface area contributed by atoms with Gasteiger partial charge in [-0.3, -0.25) is 0 Å². The molecule has 1 saturated heterocycles. The largest absolute Gasteiger partial charge is 0.324 e. The van der Waals surface area contributed by atoms with Crippen molar-refractivity contribution in [3.8, 4) is 0 Å². The summed E-state index contributed by atoms with van der Waals surface area (Å²) in [5, 5.41) is 0.767. The summed E-state index contributed by atoms with van der Waals surface area (Å²) in [5.41, 5.74) is 7.36. The molecule has 1 fully saturated rings. The molecule has 18 heavy (non-hydrogen) atoms. The number of rotatable bonds is 5. The molecule has 0 aliphatic carbocycles. The summed E-state index contributed by atoms with van der Waals surface area (Å²) in [5.74, 6) is 2.57. The minimum absolute atomic E-state index is 0.0835. The molecule has 0 spiro atoms. The average molecular weight is 285 g/mol. The van der Waals surface area contributed by atoms with Crippen LogP contribution in [0.5, 0.6) is 0 Å². The van der Waals surface area contributed by atoms with Crippen molar-refractivity contribution in [1.82, 2.24) is 4.90 Å². The van der Waals surface area contributed by atoms with E-state index in [0.717, 1.165) is 29.6 Å². The minimum atomic E-state index is 0.0835. The average Bonchev–Trinajstić information content (AvgIpc) is 2.89. The normalized spacial score (nSPS) is 21.4. The number of hydrogen-bond donors (Lipinski definition) is 1. The van der Waals surface area contributed by atoms with Gasteiger partial charge in [-0.25, -0.2) is 0 Å². The molecule has 1 aromatic carbocycles. The Balaban J connectivity index is 1.82. The fourth-order valence-corrected chi connectivity index (χ4v) is 3.80. The van der Waals surface area contributed by atoms with Crippen molar-refractivity contribution in [3.05, 3.63) is 34.9 Å². The van der Waals surface area contributed by atoms with Crippen LogP contribution in [-0.2, 0) is 0 Å². The zero-order valence-corrected chi connectivity index (χ0v) is 12.4. The first-order valence-corrected chi connectivity index (χ1v) is 7.99. The van der Waals surface area contributed by atoms with Crippen LogP contribution in [-0.4, -0.2) is 36.0 Å². The van der Waals surface area contributed by atoms with Gasteiger partial charge in [-0.1, -0.05) is 23.7 Å². The van der Waals surface area contributed by atoms with Crippen molar-refractivity contribution in [2.45, 2.75) is 24.9 Å². The highest BCUT2D eigenvalue weighted by Gasteiger charge is 2.20. The highest BCUT2D eigenvalue weighted by atomic mass is 35.5. The fraction of sp³-hybridized carbons (Fsp3) is 0.571. The number of benzene rings is 1. The predicted molar refractivity (Wildman–Crippen MR) is 81.4 cm³/mol. The third-order valence-corrected chi connectivity index (χ3v) is 4.98. The molecule has 1 aliphatic heterocycles. The summed E-state index contributed by atoms with van der Waals surface area (Å²) < 4.78 is 0. The van der Waals surface area contributed by atoms with E-state index < -0.39 is 0 Å². The van der Waals surface area contributed by atoms with E-state index in [1.165, 1.54) is 17.9 Å². The smallest absolute Gasteiger partial charge is 0.0409 e. The Morgan fingerprint density at radius 3 is 3.06 bits per heavy atom. The molecule has 0 aromatic heterocycles. The standard InChI is InChI=1S/C14H21ClN2S/c1-17(13-6-8-18-10-13)7-5-14(16)11-3-2-4-12(15)9-11/h2-4,9,13-14H,5-8,10,16H2,1H3.